The predicted molar refractivity (Wildman–Crippen MR) is 72.8 cm³/mol. The number of hydrogen-bond acceptors (Lipinski definition) is 4. The van der Waals surface area contributed by atoms with Crippen molar-refractivity contribution in [1.29, 1.82) is 0 Å². The van der Waals surface area contributed by atoms with E-state index in [1.807, 2.05) is 12.1 Å². The van der Waals surface area contributed by atoms with Crippen molar-refractivity contribution in [3.63, 3.8) is 0 Å². The molecule has 0 aromatic carbocycles. The van der Waals surface area contributed by atoms with Crippen LogP contribution in [-0.4, -0.2) is 32.4 Å². The Morgan fingerprint density at radius 1 is 1.33 bits per heavy atom. The fourth-order valence-electron chi connectivity index (χ4n) is 1.74. The topological polar surface area (TPSA) is 43.4 Å². The summed E-state index contributed by atoms with van der Waals surface area (Å²) in [6, 6.07) is 3.95. The van der Waals surface area contributed by atoms with Crippen molar-refractivity contribution in [2.24, 2.45) is 5.41 Å². The summed E-state index contributed by atoms with van der Waals surface area (Å²) in [5, 5.41) is 3.45. The smallest absolute Gasteiger partial charge is 0.217 e. The summed E-state index contributed by atoms with van der Waals surface area (Å²) in [4.78, 5) is 4.18. The molecule has 4 nitrogen and oxygen atoms in total. The molecule has 1 aromatic rings. The highest BCUT2D eigenvalue weighted by Crippen LogP contribution is 2.19. The van der Waals surface area contributed by atoms with E-state index in [0.717, 1.165) is 31.7 Å². The molecule has 1 rings (SSSR count). The Balaban J connectivity index is 2.41. The molecule has 0 fully saturated rings. The average molecular weight is 252 g/mol. The summed E-state index contributed by atoms with van der Waals surface area (Å²) in [6.45, 7) is 6.98. The first kappa shape index (κ1) is 14.9. The van der Waals surface area contributed by atoms with Gasteiger partial charge in [-0.1, -0.05) is 19.9 Å². The lowest BCUT2D eigenvalue weighted by Gasteiger charge is -2.24. The maximum Gasteiger partial charge on any atom is 0.217 e. The minimum Gasteiger partial charge on any atom is -0.481 e. The van der Waals surface area contributed by atoms with Crippen LogP contribution in [0, 0.1) is 5.41 Å². The molecule has 18 heavy (non-hydrogen) atoms. The number of rotatable bonds is 8. The number of hydrogen-bond donors (Lipinski definition) is 1. The lowest BCUT2D eigenvalue weighted by Crippen LogP contribution is -2.30. The first-order chi connectivity index (χ1) is 8.59. The zero-order valence-corrected chi connectivity index (χ0v) is 11.8. The van der Waals surface area contributed by atoms with E-state index in [0.29, 0.717) is 5.88 Å². The molecular formula is C14H24N2O2. The van der Waals surface area contributed by atoms with Gasteiger partial charge in [-0.3, -0.25) is 0 Å². The highest BCUT2D eigenvalue weighted by molar-refractivity contribution is 5.24. The van der Waals surface area contributed by atoms with Crippen molar-refractivity contribution in [3.8, 4) is 5.88 Å². The second kappa shape index (κ2) is 7.34. The quantitative estimate of drug-likeness (QED) is 0.770. The summed E-state index contributed by atoms with van der Waals surface area (Å²) < 4.78 is 10.3. The minimum atomic E-state index is 0.228. The number of pyridine rings is 1. The molecule has 1 heterocycles. The lowest BCUT2D eigenvalue weighted by atomic mass is 9.89. The summed E-state index contributed by atoms with van der Waals surface area (Å²) in [5.74, 6) is 0.694. The molecule has 102 valence electrons. The SMILES string of the molecule is COCCC(C)(C)CNCc1cccnc1OC. The normalized spacial score (nSPS) is 11.6. The zero-order valence-electron chi connectivity index (χ0n) is 11.8. The van der Waals surface area contributed by atoms with E-state index in [2.05, 4.69) is 24.1 Å². The molecule has 0 aliphatic carbocycles. The Hall–Kier alpha value is -1.13. The fraction of sp³-hybridized carbons (Fsp3) is 0.643. The first-order valence-electron chi connectivity index (χ1n) is 6.26. The third-order valence-electron chi connectivity index (χ3n) is 2.95. The molecular weight excluding hydrogens is 228 g/mol. The van der Waals surface area contributed by atoms with Crippen molar-refractivity contribution >= 4 is 0 Å². The second-order valence-electron chi connectivity index (χ2n) is 5.18. The Morgan fingerprint density at radius 3 is 2.78 bits per heavy atom. The van der Waals surface area contributed by atoms with Gasteiger partial charge in [0, 0.05) is 38.6 Å². The summed E-state index contributed by atoms with van der Waals surface area (Å²) in [6.07, 6.45) is 2.78. The largest absolute Gasteiger partial charge is 0.481 e. The molecule has 4 heteroatoms. The van der Waals surface area contributed by atoms with Crippen molar-refractivity contribution in [1.82, 2.24) is 10.3 Å². The fourth-order valence-corrected chi connectivity index (χ4v) is 1.74. The van der Waals surface area contributed by atoms with Gasteiger partial charge in [0.05, 0.1) is 7.11 Å². The number of nitrogens with zero attached hydrogens (tertiary/aromatic N) is 1. The van der Waals surface area contributed by atoms with Crippen LogP contribution in [0.2, 0.25) is 0 Å². The van der Waals surface area contributed by atoms with Crippen LogP contribution in [0.15, 0.2) is 18.3 Å². The van der Waals surface area contributed by atoms with Crippen LogP contribution < -0.4 is 10.1 Å². The lowest BCUT2D eigenvalue weighted by molar-refractivity contribution is 0.150. The second-order valence-corrected chi connectivity index (χ2v) is 5.18. The van der Waals surface area contributed by atoms with Gasteiger partial charge in [0.1, 0.15) is 0 Å². The molecule has 0 saturated heterocycles. The van der Waals surface area contributed by atoms with Crippen molar-refractivity contribution < 1.29 is 9.47 Å². The maximum atomic E-state index is 5.22. The molecule has 0 atom stereocenters. The van der Waals surface area contributed by atoms with E-state index in [9.17, 15) is 0 Å². The predicted octanol–water partition coefficient (Wildman–Crippen LogP) is 2.24. The molecule has 0 amide bonds. The monoisotopic (exact) mass is 252 g/mol. The number of aromatic nitrogens is 1. The molecule has 0 aliphatic rings. The maximum absolute atomic E-state index is 5.22. The summed E-state index contributed by atoms with van der Waals surface area (Å²) in [5.41, 5.74) is 1.31. The molecule has 1 aromatic heterocycles. The third kappa shape index (κ3) is 5.02. The molecule has 0 radical (unpaired) electrons. The molecule has 0 bridgehead atoms. The van der Waals surface area contributed by atoms with E-state index in [1.54, 1.807) is 20.4 Å². The van der Waals surface area contributed by atoms with Crippen molar-refractivity contribution in [2.45, 2.75) is 26.8 Å². The van der Waals surface area contributed by atoms with Gasteiger partial charge in [0.25, 0.3) is 0 Å². The highest BCUT2D eigenvalue weighted by atomic mass is 16.5. The Labute approximate surface area is 110 Å². The van der Waals surface area contributed by atoms with Crippen molar-refractivity contribution in [3.05, 3.63) is 23.9 Å². The van der Waals surface area contributed by atoms with Crippen LogP contribution in [0.1, 0.15) is 25.8 Å². The van der Waals surface area contributed by atoms with Gasteiger partial charge in [-0.15, -0.1) is 0 Å². The van der Waals surface area contributed by atoms with Gasteiger partial charge in [-0.05, 0) is 17.9 Å². The molecule has 0 spiro atoms. The number of nitrogens with one attached hydrogen (secondary N) is 1. The van der Waals surface area contributed by atoms with Gasteiger partial charge in [0.2, 0.25) is 5.88 Å². The standard InChI is InChI=1S/C14H24N2O2/c1-14(2,7-9-17-3)11-15-10-12-6-5-8-16-13(12)18-4/h5-6,8,15H,7,9-11H2,1-4H3. The van der Waals surface area contributed by atoms with E-state index in [1.165, 1.54) is 0 Å². The number of methoxy groups -OCH3 is 2. The van der Waals surface area contributed by atoms with Crippen LogP contribution in [-0.2, 0) is 11.3 Å². The van der Waals surface area contributed by atoms with E-state index in [-0.39, 0.29) is 5.41 Å². The number of ether oxygens (including phenoxy) is 2. The molecule has 0 saturated carbocycles. The van der Waals surface area contributed by atoms with Gasteiger partial charge < -0.3 is 14.8 Å². The van der Waals surface area contributed by atoms with Crippen LogP contribution >= 0.6 is 0 Å². The molecule has 0 unspecified atom stereocenters. The van der Waals surface area contributed by atoms with Crippen molar-refractivity contribution in [2.75, 3.05) is 27.4 Å². The Morgan fingerprint density at radius 2 is 2.11 bits per heavy atom. The van der Waals surface area contributed by atoms with Crippen LogP contribution in [0.3, 0.4) is 0 Å². The van der Waals surface area contributed by atoms with Crippen LogP contribution in [0.5, 0.6) is 5.88 Å². The molecule has 0 aliphatic heterocycles. The third-order valence-corrected chi connectivity index (χ3v) is 2.95. The van der Waals surface area contributed by atoms with E-state index >= 15 is 0 Å². The van der Waals surface area contributed by atoms with Gasteiger partial charge >= 0.3 is 0 Å². The Bertz CT molecular complexity index is 353. The van der Waals surface area contributed by atoms with E-state index in [4.69, 9.17) is 9.47 Å². The summed E-state index contributed by atoms with van der Waals surface area (Å²) >= 11 is 0. The average Bonchev–Trinajstić information content (AvgIpc) is 2.37. The van der Waals surface area contributed by atoms with Gasteiger partial charge in [0.15, 0.2) is 0 Å². The zero-order chi connectivity index (χ0) is 13.4. The Kier molecular flexibility index (Phi) is 6.09. The van der Waals surface area contributed by atoms with E-state index < -0.39 is 0 Å². The van der Waals surface area contributed by atoms with Crippen LogP contribution in [0.4, 0.5) is 0 Å². The first-order valence-corrected chi connectivity index (χ1v) is 6.26. The minimum absolute atomic E-state index is 0.228. The highest BCUT2D eigenvalue weighted by Gasteiger charge is 2.17. The van der Waals surface area contributed by atoms with Crippen LogP contribution in [0.25, 0.3) is 0 Å². The summed E-state index contributed by atoms with van der Waals surface area (Å²) in [7, 11) is 3.39. The van der Waals surface area contributed by atoms with Gasteiger partial charge in [-0.2, -0.15) is 0 Å². The molecule has 1 N–H and O–H groups in total. The van der Waals surface area contributed by atoms with Gasteiger partial charge in [-0.25, -0.2) is 4.98 Å².